The number of methoxy groups -OCH3 is 1. The molecule has 17 heteroatoms. The number of imidazole rings is 1. The zero-order valence-electron chi connectivity index (χ0n) is 47.2. The van der Waals surface area contributed by atoms with Crippen molar-refractivity contribution in [2.75, 3.05) is 7.11 Å². The van der Waals surface area contributed by atoms with Gasteiger partial charge in [-0.05, 0) is 165 Å². The van der Waals surface area contributed by atoms with Gasteiger partial charge in [-0.1, -0.05) is 53.6 Å². The second-order valence-corrected chi connectivity index (χ2v) is 18.2. The molecule has 1 aliphatic heterocycles. The number of pyridine rings is 4. The first kappa shape index (κ1) is 65.0. The van der Waals surface area contributed by atoms with Crippen molar-refractivity contribution in [2.24, 2.45) is 7.05 Å². The summed E-state index contributed by atoms with van der Waals surface area (Å²) in [6.07, 6.45) is 20.5. The van der Waals surface area contributed by atoms with Gasteiger partial charge in [0.2, 0.25) is 11.5 Å². The first-order valence-corrected chi connectivity index (χ1v) is 25.6. The highest BCUT2D eigenvalue weighted by atomic mass is 32.1. The van der Waals surface area contributed by atoms with E-state index >= 15 is 0 Å². The third-order valence-electron chi connectivity index (χ3n) is 10.1. The van der Waals surface area contributed by atoms with Crippen LogP contribution in [0.1, 0.15) is 69.6 Å². The minimum Gasteiger partial charge on any atom is -0.508 e. The van der Waals surface area contributed by atoms with Gasteiger partial charge >= 0.3 is 0 Å². The molecule has 11 rings (SSSR count). The molecule has 410 valence electrons. The van der Waals surface area contributed by atoms with Crippen LogP contribution in [-0.4, -0.2) is 73.0 Å². The molecule has 0 saturated heterocycles. The molecule has 78 heavy (non-hydrogen) atoms. The maximum absolute atomic E-state index is 10.4. The Morgan fingerprint density at radius 2 is 1.22 bits per heavy atom. The number of H-pyrrole nitrogens is 3. The zero-order valence-corrected chi connectivity index (χ0v) is 48.0. The van der Waals surface area contributed by atoms with Gasteiger partial charge in [0, 0.05) is 98.8 Å². The summed E-state index contributed by atoms with van der Waals surface area (Å²) in [5.74, 6) is 2.41. The summed E-state index contributed by atoms with van der Waals surface area (Å²) in [4.78, 5) is 46.2. The number of rotatable bonds is 2. The van der Waals surface area contributed by atoms with E-state index in [4.69, 9.17) is 9.84 Å². The van der Waals surface area contributed by atoms with Crippen LogP contribution in [0, 0.1) is 69.2 Å². The van der Waals surface area contributed by atoms with Gasteiger partial charge < -0.3 is 29.7 Å². The molecule has 16 nitrogen and oxygen atoms in total. The summed E-state index contributed by atoms with van der Waals surface area (Å²) in [5, 5.41) is 24.4. The summed E-state index contributed by atoms with van der Waals surface area (Å²) in [6, 6.07) is 34.2. The second kappa shape index (κ2) is 38.5. The van der Waals surface area contributed by atoms with Crippen LogP contribution in [0.5, 0.6) is 11.5 Å². The van der Waals surface area contributed by atoms with E-state index < -0.39 is 0 Å². The summed E-state index contributed by atoms with van der Waals surface area (Å²) < 4.78 is 6.94. The van der Waals surface area contributed by atoms with Crippen molar-refractivity contribution in [1.82, 2.24) is 60.2 Å². The van der Waals surface area contributed by atoms with E-state index in [-0.39, 0.29) is 11.5 Å². The molecule has 1 aliphatic rings. The molecule has 0 unspecified atom stereocenters. The van der Waals surface area contributed by atoms with Crippen molar-refractivity contribution in [2.45, 2.75) is 82.6 Å². The van der Waals surface area contributed by atoms with Gasteiger partial charge in [-0.2, -0.15) is 15.4 Å². The van der Waals surface area contributed by atoms with Crippen LogP contribution < -0.4 is 15.6 Å². The van der Waals surface area contributed by atoms with E-state index in [9.17, 15) is 9.59 Å². The van der Waals surface area contributed by atoms with Crippen molar-refractivity contribution in [3.05, 3.63) is 255 Å². The third kappa shape index (κ3) is 31.6. The van der Waals surface area contributed by atoms with Gasteiger partial charge in [-0.3, -0.25) is 24.5 Å². The number of carbonyl (C=O) groups is 1. The van der Waals surface area contributed by atoms with E-state index in [0.29, 0.717) is 12.2 Å². The topological polar surface area (TPSA) is 218 Å². The normalized spacial score (nSPS) is 10.1. The molecule has 5 N–H and O–H groups in total. The average molecular weight is 1070 g/mol. The Hall–Kier alpha value is -9.09. The fourth-order valence-electron chi connectivity index (χ4n) is 5.35. The maximum atomic E-state index is 10.4. The van der Waals surface area contributed by atoms with Gasteiger partial charge in [0.1, 0.15) is 22.3 Å². The standard InChI is InChI=1S/C8H8N2S.C8H10O.C7H8O.C6H7NO.3C6H7N.C5H8N2.C5H7NO.C4H7N3/c1-6-4-7(10-5-6)8-9-2-3-11-8;1-7-3-5-8(9-2)6-4-7;1-6-2-4-7(8)5-3-6;1-5-2-3-6(8)7-4-5;1-6-2-4-7-5-3-6;1-6-3-2-4-7-5-6;1-6-4-2-3-5-7-6;1-5-6-3-4-7(5)2;1-4-2-5(7)6-3-4;1-3-4(2)6-7-5-3/h2-5,10H,1H3;3-6H,1-2H3;2-5,8H,1H3;2-4H,1H3,(H,7,8);3*2-5H,1H3;3-4H,1-2H3;3H,2H2,1H3,(H,6,7);1-2H3,(H,5,6,7). The molecule has 0 fully saturated rings. The van der Waals surface area contributed by atoms with Gasteiger partial charge in [-0.25, -0.2) is 9.97 Å². The molecule has 1 amide bonds. The van der Waals surface area contributed by atoms with Crippen molar-refractivity contribution in [3.8, 4) is 22.2 Å². The van der Waals surface area contributed by atoms with Crippen molar-refractivity contribution in [1.29, 1.82) is 0 Å². The number of aromatic amines is 3. The Bertz CT molecular complexity index is 2970. The Kier molecular flexibility index (Phi) is 32.1. The number of aryl methyl sites for hydroxylation is 11. The van der Waals surface area contributed by atoms with Crippen LogP contribution in [0.15, 0.2) is 193 Å². The fourth-order valence-corrected chi connectivity index (χ4v) is 5.97. The van der Waals surface area contributed by atoms with E-state index in [1.807, 2.05) is 183 Å². The molecule has 0 atom stereocenters. The van der Waals surface area contributed by atoms with Crippen molar-refractivity contribution in [3.63, 3.8) is 0 Å². The highest BCUT2D eigenvalue weighted by Crippen LogP contribution is 2.20. The zero-order chi connectivity index (χ0) is 57.5. The number of aromatic hydroxyl groups is 1. The van der Waals surface area contributed by atoms with Crippen LogP contribution in [0.3, 0.4) is 0 Å². The molecule has 2 aromatic carbocycles. The highest BCUT2D eigenvalue weighted by molar-refractivity contribution is 7.13. The average Bonchev–Trinajstić information content (AvgIpc) is 4.32. The lowest BCUT2D eigenvalue weighted by molar-refractivity contribution is -0.118. The van der Waals surface area contributed by atoms with Gasteiger partial charge in [0.05, 0.1) is 24.2 Å². The van der Waals surface area contributed by atoms with E-state index in [1.54, 1.807) is 80.0 Å². The van der Waals surface area contributed by atoms with Crippen molar-refractivity contribution >= 4 is 17.2 Å². The number of phenols is 1. The van der Waals surface area contributed by atoms with Gasteiger partial charge in [-0.15, -0.1) is 11.3 Å². The number of phenolic OH excluding ortho intramolecular Hbond substituents is 1. The van der Waals surface area contributed by atoms with Crippen LogP contribution in [0.4, 0.5) is 0 Å². The maximum Gasteiger partial charge on any atom is 0.247 e. The minimum absolute atomic E-state index is 0.0457. The second-order valence-electron chi connectivity index (χ2n) is 17.4. The molecule has 0 radical (unpaired) electrons. The third-order valence-corrected chi connectivity index (χ3v) is 10.9. The Balaban J connectivity index is 0.000000297. The number of aromatic nitrogens is 11. The van der Waals surface area contributed by atoms with Crippen LogP contribution >= 0.6 is 11.3 Å². The lowest BCUT2D eigenvalue weighted by Gasteiger charge is -1.97. The predicted octanol–water partition coefficient (Wildman–Crippen LogP) is 12.6. The molecule has 0 bridgehead atoms. The van der Waals surface area contributed by atoms with E-state index in [2.05, 4.69) is 75.5 Å². The van der Waals surface area contributed by atoms with Crippen molar-refractivity contribution < 1.29 is 14.6 Å². The van der Waals surface area contributed by atoms with E-state index in [0.717, 1.165) is 50.5 Å². The minimum atomic E-state index is -0.0457. The first-order valence-electron chi connectivity index (χ1n) is 24.7. The summed E-state index contributed by atoms with van der Waals surface area (Å²) in [7, 11) is 3.65. The van der Waals surface area contributed by atoms with E-state index in [1.165, 1.54) is 33.9 Å². The number of thiazole rings is 1. The number of nitrogens with one attached hydrogen (secondary N) is 4. The number of amides is 1. The number of hydrogen-bond donors (Lipinski definition) is 5. The van der Waals surface area contributed by atoms with Crippen LogP contribution in [0.2, 0.25) is 0 Å². The lowest BCUT2D eigenvalue weighted by Crippen LogP contribution is -2.08. The molecule has 8 aromatic heterocycles. The van der Waals surface area contributed by atoms with Gasteiger partial charge in [0.25, 0.3) is 0 Å². The lowest BCUT2D eigenvalue weighted by atomic mass is 10.2. The summed E-state index contributed by atoms with van der Waals surface area (Å²) in [5.41, 5.74) is 12.4. The summed E-state index contributed by atoms with van der Waals surface area (Å²) >= 11 is 1.65. The predicted molar refractivity (Wildman–Crippen MR) is 316 cm³/mol. The SMILES string of the molecule is CC1=CNC(=O)C1.COc1ccc(C)cc1.Cc1c[nH]c(-c2nccs2)c1.Cc1ccc(=O)[nH]c1.Cc1ccc(O)cc1.Cc1ccccn1.Cc1cccnc1.Cc1ccncc1.Cc1n[nH]nc1C.Cc1nccn1C. The Morgan fingerprint density at radius 1 is 0.590 bits per heavy atom. The first-order chi connectivity index (χ1) is 37.3. The fraction of sp³-hybridized carbons (Fsp3) is 0.230. The van der Waals surface area contributed by atoms with Crippen LogP contribution in [-0.2, 0) is 11.8 Å². The monoisotopic (exact) mass is 1070 g/mol. The molecular formula is C61H76N12O4S. The molecule has 9 heterocycles. The number of ether oxygens (including phenoxy) is 1. The smallest absolute Gasteiger partial charge is 0.247 e. The van der Waals surface area contributed by atoms with Gasteiger partial charge in [0.15, 0.2) is 0 Å². The number of carbonyl (C=O) groups excluding carboxylic acids is 1. The number of hydrogen-bond acceptors (Lipinski definition) is 12. The van der Waals surface area contributed by atoms with Crippen LogP contribution in [0.25, 0.3) is 10.7 Å². The molecule has 10 aromatic rings. The largest absolute Gasteiger partial charge is 0.508 e. The Labute approximate surface area is 463 Å². The summed E-state index contributed by atoms with van der Waals surface area (Å²) in [6.45, 7) is 21.8. The highest BCUT2D eigenvalue weighted by Gasteiger charge is 2.05. The molecule has 0 saturated carbocycles. The quantitative estimate of drug-likeness (QED) is 0.110. The molecule has 0 spiro atoms. The number of benzene rings is 2. The Morgan fingerprint density at radius 3 is 1.53 bits per heavy atom. The molecular weight excluding hydrogens is 997 g/mol. The number of nitrogens with zero attached hydrogens (tertiary/aromatic N) is 8. The molecule has 0 aliphatic carbocycles.